The fraction of sp³-hybridized carbons (Fsp3) is 0.200. The molecule has 2 aromatic rings. The molecule has 0 N–H and O–H groups in total. The molecule has 0 aliphatic rings. The van der Waals surface area contributed by atoms with E-state index in [1.165, 1.54) is 6.92 Å². The Kier molecular flexibility index (Phi) is 3.25. The van der Waals surface area contributed by atoms with E-state index in [1.807, 2.05) is 18.2 Å². The molecular formula is C15H12O4-2. The summed E-state index contributed by atoms with van der Waals surface area (Å²) < 4.78 is 0. The summed E-state index contributed by atoms with van der Waals surface area (Å²) in [6, 6.07) is 12.4. The van der Waals surface area contributed by atoms with Crippen LogP contribution in [0.4, 0.5) is 0 Å². The first-order chi connectivity index (χ1) is 8.95. The van der Waals surface area contributed by atoms with Crippen molar-refractivity contribution in [1.82, 2.24) is 0 Å². The molecule has 2 rings (SSSR count). The van der Waals surface area contributed by atoms with E-state index >= 15 is 0 Å². The zero-order valence-electron chi connectivity index (χ0n) is 10.4. The van der Waals surface area contributed by atoms with Gasteiger partial charge >= 0.3 is 0 Å². The minimum atomic E-state index is -1.61. The number of rotatable bonds is 4. The van der Waals surface area contributed by atoms with Crippen molar-refractivity contribution < 1.29 is 19.8 Å². The second kappa shape index (κ2) is 4.72. The van der Waals surface area contributed by atoms with Gasteiger partial charge in [-0.2, -0.15) is 0 Å². The molecule has 2 aromatic carbocycles. The van der Waals surface area contributed by atoms with E-state index < -0.39 is 23.8 Å². The molecule has 0 aliphatic carbocycles. The Bertz CT molecular complexity index is 642. The molecule has 0 fully saturated rings. The Morgan fingerprint density at radius 3 is 2.32 bits per heavy atom. The maximum atomic E-state index is 11.4. The molecule has 1 unspecified atom stereocenters. The fourth-order valence-electron chi connectivity index (χ4n) is 2.27. The number of hydrogen-bond donors (Lipinski definition) is 0. The molecule has 0 spiro atoms. The molecule has 0 aliphatic heterocycles. The van der Waals surface area contributed by atoms with Gasteiger partial charge in [0.1, 0.15) is 0 Å². The standard InChI is InChI=1S/C15H14O4/c1-15(14(18)19,9-13(16)17)12-8-4-6-10-5-2-3-7-11(10)12/h2-8H,9H2,1H3,(H,16,17)(H,18,19)/p-2. The summed E-state index contributed by atoms with van der Waals surface area (Å²) in [4.78, 5) is 22.2. The zero-order chi connectivity index (χ0) is 14.0. The van der Waals surface area contributed by atoms with Crippen LogP contribution in [0.5, 0.6) is 0 Å². The molecule has 0 saturated heterocycles. The molecule has 1 atom stereocenters. The third-order valence-electron chi connectivity index (χ3n) is 3.33. The number of aliphatic carboxylic acids is 2. The van der Waals surface area contributed by atoms with E-state index in [9.17, 15) is 19.8 Å². The van der Waals surface area contributed by atoms with E-state index in [-0.39, 0.29) is 0 Å². The van der Waals surface area contributed by atoms with Crippen LogP contribution >= 0.6 is 0 Å². The number of benzene rings is 2. The van der Waals surface area contributed by atoms with Crippen LogP contribution in [0.1, 0.15) is 18.9 Å². The smallest absolute Gasteiger partial charge is 0.0521 e. The van der Waals surface area contributed by atoms with E-state index in [4.69, 9.17) is 0 Å². The lowest BCUT2D eigenvalue weighted by Crippen LogP contribution is -2.47. The highest BCUT2D eigenvalue weighted by atomic mass is 16.4. The van der Waals surface area contributed by atoms with E-state index in [0.29, 0.717) is 10.9 Å². The number of hydrogen-bond acceptors (Lipinski definition) is 4. The van der Waals surface area contributed by atoms with Gasteiger partial charge in [0, 0.05) is 17.8 Å². The lowest BCUT2D eigenvalue weighted by molar-refractivity contribution is -0.322. The van der Waals surface area contributed by atoms with Gasteiger partial charge < -0.3 is 19.8 Å². The normalized spacial score (nSPS) is 13.9. The zero-order valence-corrected chi connectivity index (χ0v) is 10.4. The number of carboxylic acids is 2. The van der Waals surface area contributed by atoms with Gasteiger partial charge in [-0.15, -0.1) is 0 Å². The number of carbonyl (C=O) groups excluding carboxylic acids is 2. The van der Waals surface area contributed by atoms with Crippen LogP contribution < -0.4 is 10.2 Å². The third-order valence-corrected chi connectivity index (χ3v) is 3.33. The average molecular weight is 256 g/mol. The Balaban J connectivity index is 2.69. The van der Waals surface area contributed by atoms with E-state index in [0.717, 1.165) is 5.39 Å². The van der Waals surface area contributed by atoms with Crippen molar-refractivity contribution in [3.05, 3.63) is 48.0 Å². The monoisotopic (exact) mass is 256 g/mol. The van der Waals surface area contributed by atoms with Gasteiger partial charge in [0.25, 0.3) is 0 Å². The second-order valence-corrected chi connectivity index (χ2v) is 4.70. The van der Waals surface area contributed by atoms with Gasteiger partial charge in [-0.3, -0.25) is 0 Å². The van der Waals surface area contributed by atoms with Crippen molar-refractivity contribution >= 4 is 22.7 Å². The van der Waals surface area contributed by atoms with Crippen molar-refractivity contribution in [3.63, 3.8) is 0 Å². The largest absolute Gasteiger partial charge is 0.550 e. The first-order valence-electron chi connectivity index (χ1n) is 5.84. The minimum Gasteiger partial charge on any atom is -0.550 e. The van der Waals surface area contributed by atoms with E-state index in [1.54, 1.807) is 24.3 Å². The summed E-state index contributed by atoms with van der Waals surface area (Å²) in [5, 5.41) is 23.8. The van der Waals surface area contributed by atoms with Crippen LogP contribution in [0, 0.1) is 0 Å². The predicted octanol–water partition coefficient (Wildman–Crippen LogP) is -0.0126. The Hall–Kier alpha value is -2.36. The maximum absolute atomic E-state index is 11.4. The molecular weight excluding hydrogens is 244 g/mol. The van der Waals surface area contributed by atoms with Gasteiger partial charge in [-0.05, 0) is 23.3 Å². The molecule has 0 heterocycles. The fourth-order valence-corrected chi connectivity index (χ4v) is 2.27. The van der Waals surface area contributed by atoms with Gasteiger partial charge in [-0.1, -0.05) is 42.5 Å². The SMILES string of the molecule is CC(CC(=O)[O-])(C(=O)[O-])c1cccc2ccccc12. The Morgan fingerprint density at radius 2 is 1.68 bits per heavy atom. The van der Waals surface area contributed by atoms with Crippen molar-refractivity contribution in [2.24, 2.45) is 0 Å². The first-order valence-corrected chi connectivity index (χ1v) is 5.84. The second-order valence-electron chi connectivity index (χ2n) is 4.70. The van der Waals surface area contributed by atoms with Gasteiger partial charge in [-0.25, -0.2) is 0 Å². The average Bonchev–Trinajstić information content (AvgIpc) is 2.37. The quantitative estimate of drug-likeness (QED) is 0.770. The van der Waals surface area contributed by atoms with Gasteiger partial charge in [0.2, 0.25) is 0 Å². The molecule has 0 amide bonds. The summed E-state index contributed by atoms with van der Waals surface area (Å²) in [5.74, 6) is -2.84. The number of fused-ring (bicyclic) bond motifs is 1. The lowest BCUT2D eigenvalue weighted by Gasteiger charge is -2.32. The highest BCUT2D eigenvalue weighted by Crippen LogP contribution is 2.32. The molecule has 19 heavy (non-hydrogen) atoms. The third kappa shape index (κ3) is 2.29. The molecule has 98 valence electrons. The van der Waals surface area contributed by atoms with Crippen molar-refractivity contribution in [1.29, 1.82) is 0 Å². The predicted molar refractivity (Wildman–Crippen MR) is 65.9 cm³/mol. The highest BCUT2D eigenvalue weighted by molar-refractivity contribution is 5.94. The van der Waals surface area contributed by atoms with Crippen molar-refractivity contribution in [2.45, 2.75) is 18.8 Å². The van der Waals surface area contributed by atoms with E-state index in [2.05, 4.69) is 0 Å². The summed E-state index contributed by atoms with van der Waals surface area (Å²) in [7, 11) is 0. The number of carbonyl (C=O) groups is 2. The molecule has 0 radical (unpaired) electrons. The van der Waals surface area contributed by atoms with Crippen molar-refractivity contribution in [3.8, 4) is 0 Å². The topological polar surface area (TPSA) is 80.3 Å². The first kappa shape index (κ1) is 13.1. The van der Waals surface area contributed by atoms with Gasteiger partial charge in [0.15, 0.2) is 0 Å². The molecule has 0 saturated carbocycles. The number of carboxylic acid groups (broad SMARTS) is 2. The molecule has 0 aromatic heterocycles. The lowest BCUT2D eigenvalue weighted by atomic mass is 9.77. The summed E-state index contributed by atoms with van der Waals surface area (Å²) in [5.41, 5.74) is -1.19. The molecule has 4 heteroatoms. The van der Waals surface area contributed by atoms with Crippen LogP contribution in [-0.2, 0) is 15.0 Å². The molecule has 0 bridgehead atoms. The van der Waals surface area contributed by atoms with Crippen LogP contribution in [0.15, 0.2) is 42.5 Å². The summed E-state index contributed by atoms with van der Waals surface area (Å²) >= 11 is 0. The Morgan fingerprint density at radius 1 is 1.05 bits per heavy atom. The summed E-state index contributed by atoms with van der Waals surface area (Å²) in [6.45, 7) is 1.35. The Labute approximate surface area is 110 Å². The van der Waals surface area contributed by atoms with Crippen LogP contribution in [-0.4, -0.2) is 11.9 Å². The van der Waals surface area contributed by atoms with Gasteiger partial charge in [0.05, 0.1) is 5.97 Å². The van der Waals surface area contributed by atoms with Crippen LogP contribution in [0.3, 0.4) is 0 Å². The summed E-state index contributed by atoms with van der Waals surface area (Å²) in [6.07, 6.45) is -0.622. The minimum absolute atomic E-state index is 0.426. The van der Waals surface area contributed by atoms with Crippen LogP contribution in [0.25, 0.3) is 10.8 Å². The maximum Gasteiger partial charge on any atom is 0.0521 e. The highest BCUT2D eigenvalue weighted by Gasteiger charge is 2.30. The van der Waals surface area contributed by atoms with Crippen LogP contribution in [0.2, 0.25) is 0 Å². The van der Waals surface area contributed by atoms with Crippen molar-refractivity contribution in [2.75, 3.05) is 0 Å². The molecule has 4 nitrogen and oxygen atoms in total.